The molecule has 1 aromatic rings. The molecule has 0 atom stereocenters. The molecular weight excluding hydrogens is 264 g/mol. The number of hydrogen-bond acceptors (Lipinski definition) is 6. The second-order valence-electron chi connectivity index (χ2n) is 6.43. The van der Waals surface area contributed by atoms with Crippen LogP contribution in [0.1, 0.15) is 44.0 Å². The molecule has 1 aliphatic carbocycles. The normalized spacial score (nSPS) is 20.1. The number of aromatic nitrogens is 2. The van der Waals surface area contributed by atoms with Gasteiger partial charge in [-0.2, -0.15) is 0 Å². The van der Waals surface area contributed by atoms with Crippen molar-refractivity contribution < 1.29 is 0 Å². The van der Waals surface area contributed by atoms with Crippen LogP contribution in [0.4, 0.5) is 11.6 Å². The van der Waals surface area contributed by atoms with Gasteiger partial charge in [0.25, 0.3) is 0 Å². The Morgan fingerprint density at radius 3 is 2.33 bits per heavy atom. The SMILES string of the molecule is Cc1c(NN)nc(C(C)C)nc1N1CCN(C2CC2)CC1. The fourth-order valence-corrected chi connectivity index (χ4v) is 2.97. The Hall–Kier alpha value is -1.40. The van der Waals surface area contributed by atoms with Crippen molar-refractivity contribution in [2.24, 2.45) is 5.84 Å². The zero-order chi connectivity index (χ0) is 15.0. The molecule has 0 unspecified atom stereocenters. The fraction of sp³-hybridized carbons (Fsp3) is 0.733. The molecule has 3 rings (SSSR count). The molecule has 21 heavy (non-hydrogen) atoms. The molecule has 0 spiro atoms. The highest BCUT2D eigenvalue weighted by atomic mass is 15.3. The highest BCUT2D eigenvalue weighted by Gasteiger charge is 2.32. The van der Waals surface area contributed by atoms with E-state index >= 15 is 0 Å². The molecule has 6 nitrogen and oxygen atoms in total. The van der Waals surface area contributed by atoms with E-state index in [1.54, 1.807) is 0 Å². The molecule has 0 aromatic carbocycles. The van der Waals surface area contributed by atoms with Crippen molar-refractivity contribution >= 4 is 11.6 Å². The largest absolute Gasteiger partial charge is 0.354 e. The van der Waals surface area contributed by atoms with Crippen LogP contribution in [0, 0.1) is 6.92 Å². The van der Waals surface area contributed by atoms with Gasteiger partial charge in [0.05, 0.1) is 0 Å². The Labute approximate surface area is 126 Å². The first-order valence-electron chi connectivity index (χ1n) is 7.94. The van der Waals surface area contributed by atoms with Crippen LogP contribution in [0.5, 0.6) is 0 Å². The lowest BCUT2D eigenvalue weighted by Crippen LogP contribution is -2.47. The first kappa shape index (κ1) is 14.5. The van der Waals surface area contributed by atoms with Crippen molar-refractivity contribution in [3.8, 4) is 0 Å². The summed E-state index contributed by atoms with van der Waals surface area (Å²) in [7, 11) is 0. The monoisotopic (exact) mass is 290 g/mol. The lowest BCUT2D eigenvalue weighted by atomic mass is 10.2. The van der Waals surface area contributed by atoms with Gasteiger partial charge in [-0.3, -0.25) is 4.90 Å². The number of piperazine rings is 1. The molecule has 1 saturated carbocycles. The Morgan fingerprint density at radius 1 is 1.14 bits per heavy atom. The van der Waals surface area contributed by atoms with Crippen LogP contribution in [-0.2, 0) is 0 Å². The average Bonchev–Trinajstić information content (AvgIpc) is 3.32. The number of nitrogens with zero attached hydrogens (tertiary/aromatic N) is 4. The van der Waals surface area contributed by atoms with Crippen LogP contribution in [0.15, 0.2) is 0 Å². The van der Waals surface area contributed by atoms with Gasteiger partial charge in [-0.15, -0.1) is 0 Å². The third-order valence-corrected chi connectivity index (χ3v) is 4.47. The molecule has 2 fully saturated rings. The summed E-state index contributed by atoms with van der Waals surface area (Å²) in [6.45, 7) is 10.6. The summed E-state index contributed by atoms with van der Waals surface area (Å²) in [4.78, 5) is 14.3. The number of hydrazine groups is 1. The van der Waals surface area contributed by atoms with Crippen LogP contribution >= 0.6 is 0 Å². The molecule has 1 aliphatic heterocycles. The molecule has 0 bridgehead atoms. The van der Waals surface area contributed by atoms with E-state index < -0.39 is 0 Å². The molecule has 0 amide bonds. The summed E-state index contributed by atoms with van der Waals surface area (Å²) in [5, 5.41) is 0. The van der Waals surface area contributed by atoms with Gasteiger partial charge in [0.1, 0.15) is 17.5 Å². The van der Waals surface area contributed by atoms with E-state index in [9.17, 15) is 0 Å². The van der Waals surface area contributed by atoms with Crippen molar-refractivity contribution in [1.29, 1.82) is 0 Å². The van der Waals surface area contributed by atoms with E-state index in [-0.39, 0.29) is 0 Å². The van der Waals surface area contributed by atoms with Crippen LogP contribution in [0.3, 0.4) is 0 Å². The Balaban J connectivity index is 1.81. The predicted octanol–water partition coefficient (Wildman–Crippen LogP) is 1.48. The van der Waals surface area contributed by atoms with Gasteiger partial charge in [0.2, 0.25) is 0 Å². The van der Waals surface area contributed by atoms with Gasteiger partial charge in [0.15, 0.2) is 0 Å². The van der Waals surface area contributed by atoms with Crippen molar-refractivity contribution in [3.63, 3.8) is 0 Å². The maximum atomic E-state index is 5.62. The van der Waals surface area contributed by atoms with E-state index in [2.05, 4.69) is 34.1 Å². The molecule has 2 heterocycles. The molecule has 0 radical (unpaired) electrons. The van der Waals surface area contributed by atoms with Gasteiger partial charge in [0, 0.05) is 43.7 Å². The molecule has 116 valence electrons. The van der Waals surface area contributed by atoms with Crippen LogP contribution < -0.4 is 16.2 Å². The number of hydrogen-bond donors (Lipinski definition) is 2. The van der Waals surface area contributed by atoms with Crippen LogP contribution in [0.25, 0.3) is 0 Å². The third kappa shape index (κ3) is 2.96. The van der Waals surface area contributed by atoms with Gasteiger partial charge >= 0.3 is 0 Å². The second-order valence-corrected chi connectivity index (χ2v) is 6.43. The van der Waals surface area contributed by atoms with Crippen LogP contribution in [0.2, 0.25) is 0 Å². The molecule has 1 saturated heterocycles. The van der Waals surface area contributed by atoms with Gasteiger partial charge in [-0.1, -0.05) is 13.8 Å². The van der Waals surface area contributed by atoms with Crippen molar-refractivity contribution in [3.05, 3.63) is 11.4 Å². The standard InChI is InChI=1S/C15H26N6/c1-10(2)13-17-14(19-16)11(3)15(18-13)21-8-6-20(7-9-21)12-4-5-12/h10,12H,4-9,16H2,1-3H3,(H,17,18,19). The molecule has 1 aromatic heterocycles. The smallest absolute Gasteiger partial charge is 0.148 e. The van der Waals surface area contributed by atoms with Gasteiger partial charge in [-0.05, 0) is 19.8 Å². The topological polar surface area (TPSA) is 70.3 Å². The first-order valence-corrected chi connectivity index (χ1v) is 7.94. The molecular formula is C15H26N6. The minimum atomic E-state index is 0.296. The third-order valence-electron chi connectivity index (χ3n) is 4.47. The van der Waals surface area contributed by atoms with E-state index in [1.807, 2.05) is 6.92 Å². The number of anilines is 2. The summed E-state index contributed by atoms with van der Waals surface area (Å²) in [6.07, 6.45) is 2.76. The number of nitrogens with two attached hydrogens (primary N) is 1. The lowest BCUT2D eigenvalue weighted by Gasteiger charge is -2.36. The second kappa shape index (κ2) is 5.77. The predicted molar refractivity (Wildman–Crippen MR) is 85.5 cm³/mol. The van der Waals surface area contributed by atoms with Crippen molar-refractivity contribution in [2.45, 2.75) is 45.6 Å². The summed E-state index contributed by atoms with van der Waals surface area (Å²) < 4.78 is 0. The number of nitrogen functional groups attached to an aromatic ring is 1. The van der Waals surface area contributed by atoms with E-state index in [0.29, 0.717) is 5.92 Å². The Bertz CT molecular complexity index is 503. The summed E-state index contributed by atoms with van der Waals surface area (Å²) in [5.74, 6) is 8.55. The maximum Gasteiger partial charge on any atom is 0.148 e. The fourth-order valence-electron chi connectivity index (χ4n) is 2.97. The van der Waals surface area contributed by atoms with E-state index in [4.69, 9.17) is 10.8 Å². The average molecular weight is 290 g/mol. The zero-order valence-electron chi connectivity index (χ0n) is 13.3. The highest BCUT2D eigenvalue weighted by Crippen LogP contribution is 2.30. The molecule has 2 aliphatic rings. The van der Waals surface area contributed by atoms with Crippen molar-refractivity contribution in [2.75, 3.05) is 36.5 Å². The maximum absolute atomic E-state index is 5.62. The van der Waals surface area contributed by atoms with Gasteiger partial charge < -0.3 is 10.3 Å². The Kier molecular flexibility index (Phi) is 3.99. The molecule has 3 N–H and O–H groups in total. The Morgan fingerprint density at radius 2 is 1.81 bits per heavy atom. The lowest BCUT2D eigenvalue weighted by molar-refractivity contribution is 0.247. The van der Waals surface area contributed by atoms with Crippen LogP contribution in [-0.4, -0.2) is 47.1 Å². The van der Waals surface area contributed by atoms with Crippen molar-refractivity contribution in [1.82, 2.24) is 14.9 Å². The highest BCUT2D eigenvalue weighted by molar-refractivity contribution is 5.58. The quantitative estimate of drug-likeness (QED) is 0.646. The summed E-state index contributed by atoms with van der Waals surface area (Å²) >= 11 is 0. The van der Waals surface area contributed by atoms with E-state index in [0.717, 1.165) is 55.2 Å². The first-order chi connectivity index (χ1) is 10.1. The zero-order valence-corrected chi connectivity index (χ0v) is 13.3. The number of rotatable bonds is 4. The van der Waals surface area contributed by atoms with E-state index in [1.165, 1.54) is 12.8 Å². The minimum Gasteiger partial charge on any atom is -0.354 e. The summed E-state index contributed by atoms with van der Waals surface area (Å²) in [5.41, 5.74) is 3.76. The minimum absolute atomic E-state index is 0.296. The van der Waals surface area contributed by atoms with Gasteiger partial charge in [-0.25, -0.2) is 15.8 Å². The summed E-state index contributed by atoms with van der Waals surface area (Å²) in [6, 6.07) is 0.853. The number of nitrogens with one attached hydrogen (secondary N) is 1. The molecule has 6 heteroatoms.